The maximum atomic E-state index is 11.4. The molecule has 0 aliphatic heterocycles. The first-order valence-electron chi connectivity index (χ1n) is 6.34. The Kier molecular flexibility index (Phi) is 4.78. The first-order chi connectivity index (χ1) is 7.37. The van der Waals surface area contributed by atoms with Gasteiger partial charge in [-0.25, -0.2) is 0 Å². The molecule has 0 bridgehead atoms. The highest BCUT2D eigenvalue weighted by Gasteiger charge is 2.22. The lowest BCUT2D eigenvalue weighted by atomic mass is 10.0. The molecule has 16 heavy (non-hydrogen) atoms. The fourth-order valence-electron chi connectivity index (χ4n) is 2.30. The number of hydrogen-bond acceptors (Lipinski definition) is 3. The third kappa shape index (κ3) is 5.50. The molecule has 0 aromatic carbocycles. The van der Waals surface area contributed by atoms with E-state index in [0.717, 1.165) is 31.6 Å². The van der Waals surface area contributed by atoms with E-state index in [4.69, 9.17) is 10.5 Å². The Bertz CT molecular complexity index is 233. The van der Waals surface area contributed by atoms with E-state index < -0.39 is 0 Å². The highest BCUT2D eigenvalue weighted by atomic mass is 16.6. The summed E-state index contributed by atoms with van der Waals surface area (Å²) >= 11 is 0. The lowest BCUT2D eigenvalue weighted by Gasteiger charge is -2.19. The Hall–Kier alpha value is -0.570. The van der Waals surface area contributed by atoms with Gasteiger partial charge in [-0.1, -0.05) is 0 Å². The minimum Gasteiger partial charge on any atom is -0.460 e. The van der Waals surface area contributed by atoms with E-state index in [9.17, 15) is 4.79 Å². The summed E-state index contributed by atoms with van der Waals surface area (Å²) in [6.07, 6.45) is 6.11. The molecule has 0 aromatic rings. The Morgan fingerprint density at radius 2 is 2.06 bits per heavy atom. The Morgan fingerprint density at radius 1 is 1.38 bits per heavy atom. The average molecular weight is 227 g/mol. The van der Waals surface area contributed by atoms with Crippen LogP contribution in [0.1, 0.15) is 59.3 Å². The largest absolute Gasteiger partial charge is 0.460 e. The molecule has 3 heteroatoms. The van der Waals surface area contributed by atoms with Crippen LogP contribution >= 0.6 is 0 Å². The summed E-state index contributed by atoms with van der Waals surface area (Å²) in [5.41, 5.74) is 5.49. The molecular formula is C13H25NO2. The predicted molar refractivity (Wildman–Crippen MR) is 65.0 cm³/mol. The van der Waals surface area contributed by atoms with Crippen LogP contribution in [0.4, 0.5) is 0 Å². The van der Waals surface area contributed by atoms with Crippen LogP contribution in [-0.2, 0) is 9.53 Å². The Morgan fingerprint density at radius 3 is 2.56 bits per heavy atom. The second kappa shape index (κ2) is 5.67. The Labute approximate surface area is 98.7 Å². The van der Waals surface area contributed by atoms with E-state index in [-0.39, 0.29) is 11.6 Å². The van der Waals surface area contributed by atoms with Gasteiger partial charge in [-0.2, -0.15) is 0 Å². The van der Waals surface area contributed by atoms with Crippen LogP contribution in [0.25, 0.3) is 0 Å². The molecule has 0 saturated heterocycles. The molecule has 3 nitrogen and oxygen atoms in total. The normalized spacial score (nSPS) is 25.8. The molecule has 1 rings (SSSR count). The van der Waals surface area contributed by atoms with Crippen molar-refractivity contribution < 1.29 is 9.53 Å². The zero-order valence-electron chi connectivity index (χ0n) is 10.8. The van der Waals surface area contributed by atoms with Crippen LogP contribution in [0, 0.1) is 5.92 Å². The minimum absolute atomic E-state index is 0.0743. The predicted octanol–water partition coefficient (Wildman–Crippen LogP) is 2.63. The molecule has 2 atom stereocenters. The maximum Gasteiger partial charge on any atom is 0.306 e. The third-order valence-electron chi connectivity index (χ3n) is 3.00. The summed E-state index contributed by atoms with van der Waals surface area (Å²) in [7, 11) is 0. The van der Waals surface area contributed by atoms with Gasteiger partial charge >= 0.3 is 5.97 Å². The zero-order chi connectivity index (χ0) is 12.2. The van der Waals surface area contributed by atoms with Gasteiger partial charge in [0, 0.05) is 12.5 Å². The number of carbonyl (C=O) groups is 1. The van der Waals surface area contributed by atoms with E-state index in [0.29, 0.717) is 12.5 Å². The van der Waals surface area contributed by atoms with Crippen LogP contribution in [0.3, 0.4) is 0 Å². The van der Waals surface area contributed by atoms with Gasteiger partial charge in [-0.3, -0.25) is 4.79 Å². The van der Waals surface area contributed by atoms with Crippen LogP contribution in [0.5, 0.6) is 0 Å². The van der Waals surface area contributed by atoms with Crippen molar-refractivity contribution in [3.63, 3.8) is 0 Å². The van der Waals surface area contributed by atoms with Gasteiger partial charge in [0.15, 0.2) is 0 Å². The zero-order valence-corrected chi connectivity index (χ0v) is 10.8. The van der Waals surface area contributed by atoms with Gasteiger partial charge < -0.3 is 10.5 Å². The molecule has 1 fully saturated rings. The van der Waals surface area contributed by atoms with Crippen molar-refractivity contribution in [2.75, 3.05) is 0 Å². The van der Waals surface area contributed by atoms with E-state index in [1.807, 2.05) is 20.8 Å². The average Bonchev–Trinajstić information content (AvgIpc) is 2.48. The van der Waals surface area contributed by atoms with E-state index in [2.05, 4.69) is 0 Å². The molecule has 2 N–H and O–H groups in total. The lowest BCUT2D eigenvalue weighted by molar-refractivity contribution is -0.154. The molecule has 1 saturated carbocycles. The van der Waals surface area contributed by atoms with E-state index in [1.165, 1.54) is 6.42 Å². The smallest absolute Gasteiger partial charge is 0.306 e. The quantitative estimate of drug-likeness (QED) is 0.751. The fraction of sp³-hybridized carbons (Fsp3) is 0.923. The van der Waals surface area contributed by atoms with Crippen LogP contribution < -0.4 is 5.73 Å². The molecular weight excluding hydrogens is 202 g/mol. The number of esters is 1. The number of hydrogen-bond donors (Lipinski definition) is 1. The van der Waals surface area contributed by atoms with Crippen LogP contribution in [0.2, 0.25) is 0 Å². The van der Waals surface area contributed by atoms with Crippen molar-refractivity contribution in [1.29, 1.82) is 0 Å². The second-order valence-corrected chi connectivity index (χ2v) is 5.92. The number of carbonyl (C=O) groups excluding carboxylic acids is 1. The molecule has 94 valence electrons. The molecule has 0 aromatic heterocycles. The fourth-order valence-corrected chi connectivity index (χ4v) is 2.30. The summed E-state index contributed by atoms with van der Waals surface area (Å²) in [6, 6.07) is 0.395. The second-order valence-electron chi connectivity index (χ2n) is 5.92. The van der Waals surface area contributed by atoms with Crippen molar-refractivity contribution in [1.82, 2.24) is 0 Å². The summed E-state index contributed by atoms with van der Waals surface area (Å²) in [5, 5.41) is 0. The number of ether oxygens (including phenoxy) is 1. The standard InChI is InChI=1S/C13H25NO2/c1-13(2,3)16-12(15)6-4-5-10-7-8-11(14)9-10/h10-11H,4-9,14H2,1-3H3. The SMILES string of the molecule is CC(C)(C)OC(=O)CCCC1CCC(N)C1. The summed E-state index contributed by atoms with van der Waals surface area (Å²) in [6.45, 7) is 5.71. The minimum atomic E-state index is -0.354. The summed E-state index contributed by atoms with van der Waals surface area (Å²) in [4.78, 5) is 11.4. The van der Waals surface area contributed by atoms with Gasteiger partial charge in [-0.15, -0.1) is 0 Å². The van der Waals surface area contributed by atoms with Crippen molar-refractivity contribution in [3.8, 4) is 0 Å². The van der Waals surface area contributed by atoms with Gasteiger partial charge in [0.25, 0.3) is 0 Å². The first-order valence-corrected chi connectivity index (χ1v) is 6.34. The van der Waals surface area contributed by atoms with Crippen molar-refractivity contribution in [3.05, 3.63) is 0 Å². The van der Waals surface area contributed by atoms with Gasteiger partial charge in [0.2, 0.25) is 0 Å². The highest BCUT2D eigenvalue weighted by Crippen LogP contribution is 2.28. The summed E-state index contributed by atoms with van der Waals surface area (Å²) in [5.74, 6) is 0.659. The van der Waals surface area contributed by atoms with Gasteiger partial charge in [0.1, 0.15) is 5.60 Å². The number of nitrogens with two attached hydrogens (primary N) is 1. The maximum absolute atomic E-state index is 11.4. The summed E-state index contributed by atoms with van der Waals surface area (Å²) < 4.78 is 5.26. The third-order valence-corrected chi connectivity index (χ3v) is 3.00. The van der Waals surface area contributed by atoms with Gasteiger partial charge in [-0.05, 0) is 58.8 Å². The van der Waals surface area contributed by atoms with E-state index >= 15 is 0 Å². The van der Waals surface area contributed by atoms with Crippen molar-refractivity contribution >= 4 is 5.97 Å². The lowest BCUT2D eigenvalue weighted by Crippen LogP contribution is -2.23. The van der Waals surface area contributed by atoms with Crippen molar-refractivity contribution in [2.45, 2.75) is 70.9 Å². The van der Waals surface area contributed by atoms with Crippen molar-refractivity contribution in [2.24, 2.45) is 11.7 Å². The van der Waals surface area contributed by atoms with Crippen LogP contribution in [-0.4, -0.2) is 17.6 Å². The molecule has 1 aliphatic rings. The first kappa shape index (κ1) is 13.5. The van der Waals surface area contributed by atoms with E-state index in [1.54, 1.807) is 0 Å². The topological polar surface area (TPSA) is 52.3 Å². The molecule has 0 amide bonds. The Balaban J connectivity index is 2.09. The molecule has 0 heterocycles. The monoisotopic (exact) mass is 227 g/mol. The molecule has 2 unspecified atom stereocenters. The molecule has 0 radical (unpaired) electrons. The molecule has 0 spiro atoms. The molecule has 1 aliphatic carbocycles. The number of rotatable bonds is 4. The highest BCUT2D eigenvalue weighted by molar-refractivity contribution is 5.69. The van der Waals surface area contributed by atoms with Gasteiger partial charge in [0.05, 0.1) is 0 Å². The van der Waals surface area contributed by atoms with Crippen LogP contribution in [0.15, 0.2) is 0 Å².